The van der Waals surface area contributed by atoms with Crippen LogP contribution in [0.4, 0.5) is 5.69 Å². The zero-order chi connectivity index (χ0) is 22.6. The largest absolute Gasteiger partial charge is 0.481 e. The van der Waals surface area contributed by atoms with Crippen molar-refractivity contribution >= 4 is 17.6 Å². The number of guanidine groups is 1. The number of nitrogens with zero attached hydrogens (tertiary/aromatic N) is 2. The highest BCUT2D eigenvalue weighted by atomic mass is 16.5. The van der Waals surface area contributed by atoms with Gasteiger partial charge >= 0.3 is 5.97 Å². The van der Waals surface area contributed by atoms with E-state index in [4.69, 9.17) is 15.1 Å². The van der Waals surface area contributed by atoms with Gasteiger partial charge in [-0.3, -0.25) is 10.1 Å². The highest BCUT2D eigenvalue weighted by molar-refractivity contribution is 5.84. The SMILES string of the molecule is N#CN/C(=N/c1ccc(Oc2ccccc2)cc1)N[C@H](CCC(=O)O)Cc1ccccc1. The molecule has 7 nitrogen and oxygen atoms in total. The summed E-state index contributed by atoms with van der Waals surface area (Å²) in [5.74, 6) is 0.793. The van der Waals surface area contributed by atoms with Gasteiger partial charge in [-0.25, -0.2) is 4.99 Å². The van der Waals surface area contributed by atoms with Gasteiger partial charge in [0.2, 0.25) is 5.96 Å². The van der Waals surface area contributed by atoms with Gasteiger partial charge in [0.25, 0.3) is 0 Å². The van der Waals surface area contributed by atoms with Gasteiger partial charge in [0.1, 0.15) is 11.5 Å². The smallest absolute Gasteiger partial charge is 0.303 e. The average molecular weight is 428 g/mol. The second-order valence-electron chi connectivity index (χ2n) is 7.07. The quantitative estimate of drug-likeness (QED) is 0.199. The number of aliphatic carboxylic acids is 1. The molecule has 3 rings (SSSR count). The summed E-state index contributed by atoms with van der Waals surface area (Å²) >= 11 is 0. The monoisotopic (exact) mass is 428 g/mol. The van der Waals surface area contributed by atoms with Crippen LogP contribution in [0.2, 0.25) is 0 Å². The van der Waals surface area contributed by atoms with Crippen molar-refractivity contribution in [2.75, 3.05) is 0 Å². The van der Waals surface area contributed by atoms with Gasteiger partial charge in [0, 0.05) is 12.5 Å². The third-order valence-electron chi connectivity index (χ3n) is 4.60. The van der Waals surface area contributed by atoms with Crippen LogP contribution >= 0.6 is 0 Å². The molecule has 0 aromatic heterocycles. The fraction of sp³-hybridized carbons (Fsp3) is 0.160. The molecule has 3 N–H and O–H groups in total. The summed E-state index contributed by atoms with van der Waals surface area (Å²) in [6.07, 6.45) is 2.88. The predicted molar refractivity (Wildman–Crippen MR) is 123 cm³/mol. The minimum absolute atomic E-state index is 0.00978. The Hall–Kier alpha value is -4.31. The van der Waals surface area contributed by atoms with Crippen LogP contribution in [-0.4, -0.2) is 23.1 Å². The Morgan fingerprint density at radius 3 is 2.22 bits per heavy atom. The summed E-state index contributed by atoms with van der Waals surface area (Å²) < 4.78 is 5.78. The normalized spacial score (nSPS) is 11.8. The van der Waals surface area contributed by atoms with Crippen molar-refractivity contribution in [1.29, 1.82) is 5.26 Å². The Kier molecular flexibility index (Phi) is 8.23. The molecule has 0 radical (unpaired) electrons. The van der Waals surface area contributed by atoms with Gasteiger partial charge in [-0.05, 0) is 54.8 Å². The molecule has 3 aromatic carbocycles. The first-order chi connectivity index (χ1) is 15.6. The Labute approximate surface area is 187 Å². The van der Waals surface area contributed by atoms with E-state index in [2.05, 4.69) is 15.6 Å². The molecule has 7 heteroatoms. The van der Waals surface area contributed by atoms with E-state index in [1.165, 1.54) is 0 Å². The van der Waals surface area contributed by atoms with Crippen LogP contribution in [0.5, 0.6) is 11.5 Å². The molecule has 0 bridgehead atoms. The fourth-order valence-corrected chi connectivity index (χ4v) is 3.11. The summed E-state index contributed by atoms with van der Waals surface area (Å²) in [6, 6.07) is 26.2. The molecule has 3 aromatic rings. The molecule has 32 heavy (non-hydrogen) atoms. The van der Waals surface area contributed by atoms with Crippen molar-refractivity contribution in [2.24, 2.45) is 4.99 Å². The summed E-state index contributed by atoms with van der Waals surface area (Å²) in [7, 11) is 0. The van der Waals surface area contributed by atoms with E-state index in [-0.39, 0.29) is 18.4 Å². The lowest BCUT2D eigenvalue weighted by molar-refractivity contribution is -0.137. The maximum absolute atomic E-state index is 11.1. The van der Waals surface area contributed by atoms with Gasteiger partial charge in [0.05, 0.1) is 5.69 Å². The van der Waals surface area contributed by atoms with Crippen LogP contribution in [0.1, 0.15) is 18.4 Å². The van der Waals surface area contributed by atoms with E-state index in [1.807, 2.05) is 66.9 Å². The highest BCUT2D eigenvalue weighted by Gasteiger charge is 2.14. The number of ether oxygens (including phenoxy) is 1. The van der Waals surface area contributed by atoms with E-state index < -0.39 is 5.97 Å². The van der Waals surface area contributed by atoms with Crippen LogP contribution in [-0.2, 0) is 11.2 Å². The van der Waals surface area contributed by atoms with Crippen LogP contribution in [0.25, 0.3) is 0 Å². The molecule has 0 unspecified atom stereocenters. The Morgan fingerprint density at radius 1 is 0.969 bits per heavy atom. The number of hydrogen-bond acceptors (Lipinski definition) is 4. The topological polar surface area (TPSA) is 107 Å². The number of rotatable bonds is 9. The lowest BCUT2D eigenvalue weighted by Gasteiger charge is -2.20. The molecule has 0 heterocycles. The standard InChI is InChI=1S/C25H24N4O3/c26-18-27-25(29-21(13-16-24(30)31)17-19-7-3-1-4-8-19)28-20-11-14-23(15-12-20)32-22-9-5-2-6-10-22/h1-12,14-15,21H,13,16-17H2,(H,30,31)(H2,27,28,29)/t21-/m1/s1. The minimum Gasteiger partial charge on any atom is -0.481 e. The van der Waals surface area contributed by atoms with Crippen molar-refractivity contribution in [3.05, 3.63) is 90.5 Å². The Morgan fingerprint density at radius 2 is 1.59 bits per heavy atom. The maximum Gasteiger partial charge on any atom is 0.303 e. The molecule has 0 aliphatic carbocycles. The third kappa shape index (κ3) is 7.50. The molecule has 162 valence electrons. The zero-order valence-corrected chi connectivity index (χ0v) is 17.4. The number of carboxylic acid groups (broad SMARTS) is 1. The predicted octanol–water partition coefficient (Wildman–Crippen LogP) is 4.60. The minimum atomic E-state index is -0.870. The number of carboxylic acids is 1. The number of nitriles is 1. The highest BCUT2D eigenvalue weighted by Crippen LogP contribution is 2.23. The molecule has 0 saturated carbocycles. The molecule has 0 fully saturated rings. The molecule has 0 spiro atoms. The van der Waals surface area contributed by atoms with Crippen molar-refractivity contribution in [1.82, 2.24) is 10.6 Å². The Balaban J connectivity index is 1.72. The average Bonchev–Trinajstić information content (AvgIpc) is 2.80. The zero-order valence-electron chi connectivity index (χ0n) is 17.4. The Bertz CT molecular complexity index is 1060. The summed E-state index contributed by atoms with van der Waals surface area (Å²) in [4.78, 5) is 15.6. The van der Waals surface area contributed by atoms with Gasteiger partial charge in [-0.1, -0.05) is 48.5 Å². The molecule has 0 aliphatic rings. The first-order valence-corrected chi connectivity index (χ1v) is 10.2. The maximum atomic E-state index is 11.1. The third-order valence-corrected chi connectivity index (χ3v) is 4.60. The molecule has 0 aliphatic heterocycles. The molecule has 1 atom stereocenters. The van der Waals surface area contributed by atoms with Crippen LogP contribution < -0.4 is 15.4 Å². The second-order valence-corrected chi connectivity index (χ2v) is 7.07. The van der Waals surface area contributed by atoms with Crippen molar-refractivity contribution < 1.29 is 14.6 Å². The molecular weight excluding hydrogens is 404 g/mol. The van der Waals surface area contributed by atoms with Crippen molar-refractivity contribution in [2.45, 2.75) is 25.3 Å². The van der Waals surface area contributed by atoms with Gasteiger partial charge in [-0.15, -0.1) is 0 Å². The van der Waals surface area contributed by atoms with Crippen molar-refractivity contribution in [3.8, 4) is 17.7 Å². The van der Waals surface area contributed by atoms with E-state index in [1.54, 1.807) is 24.3 Å². The van der Waals surface area contributed by atoms with E-state index in [9.17, 15) is 4.79 Å². The molecule has 0 saturated heterocycles. The van der Waals surface area contributed by atoms with E-state index in [0.717, 1.165) is 11.3 Å². The first-order valence-electron chi connectivity index (χ1n) is 10.2. The summed E-state index contributed by atoms with van der Waals surface area (Å²) in [5.41, 5.74) is 1.68. The lowest BCUT2D eigenvalue weighted by atomic mass is 10.0. The summed E-state index contributed by atoms with van der Waals surface area (Å²) in [6.45, 7) is 0. The molecule has 0 amide bonds. The summed E-state index contributed by atoms with van der Waals surface area (Å²) in [5, 5.41) is 24.0. The first kappa shape index (κ1) is 22.4. The molecular formula is C25H24N4O3. The lowest BCUT2D eigenvalue weighted by Crippen LogP contribution is -2.42. The number of aliphatic imine (C=N–C) groups is 1. The second kappa shape index (κ2) is 11.8. The van der Waals surface area contributed by atoms with Gasteiger partial charge in [0.15, 0.2) is 6.19 Å². The number of para-hydroxylation sites is 1. The number of nitrogens with one attached hydrogen (secondary N) is 2. The van der Waals surface area contributed by atoms with Crippen LogP contribution in [0.15, 0.2) is 89.9 Å². The van der Waals surface area contributed by atoms with Crippen LogP contribution in [0, 0.1) is 11.5 Å². The fourth-order valence-electron chi connectivity index (χ4n) is 3.11. The van der Waals surface area contributed by atoms with E-state index >= 15 is 0 Å². The van der Waals surface area contributed by atoms with Crippen molar-refractivity contribution in [3.63, 3.8) is 0 Å². The van der Waals surface area contributed by atoms with Gasteiger partial charge < -0.3 is 15.2 Å². The number of hydrogen-bond donors (Lipinski definition) is 3. The van der Waals surface area contributed by atoms with E-state index in [0.29, 0.717) is 24.3 Å². The number of benzene rings is 3. The number of carbonyl (C=O) groups is 1. The van der Waals surface area contributed by atoms with Gasteiger partial charge in [-0.2, -0.15) is 5.26 Å². The van der Waals surface area contributed by atoms with Crippen LogP contribution in [0.3, 0.4) is 0 Å².